The molecule has 2 unspecified atom stereocenters. The normalized spacial score (nSPS) is 17.7. The van der Waals surface area contributed by atoms with Gasteiger partial charge in [-0.2, -0.15) is 0 Å². The van der Waals surface area contributed by atoms with E-state index in [0.717, 1.165) is 0 Å². The minimum Gasteiger partial charge on any atom is -0.460 e. The fraction of sp³-hybridized carbons (Fsp3) is 0.917. The highest BCUT2D eigenvalue weighted by molar-refractivity contribution is 5.70. The average molecular weight is 231 g/mol. The predicted molar refractivity (Wildman–Crippen MR) is 63.9 cm³/mol. The van der Waals surface area contributed by atoms with Crippen molar-refractivity contribution in [1.82, 2.24) is 0 Å². The Balaban J connectivity index is 4.40. The molecule has 0 heterocycles. The molecule has 0 bridgehead atoms. The van der Waals surface area contributed by atoms with Crippen LogP contribution in [0.2, 0.25) is 0 Å². The van der Waals surface area contributed by atoms with Gasteiger partial charge in [-0.25, -0.2) is 0 Å². The molecule has 0 aliphatic carbocycles. The maximum Gasteiger partial charge on any atom is 0.306 e. The number of ether oxygens (including phenoxy) is 1. The summed E-state index contributed by atoms with van der Waals surface area (Å²) >= 11 is 0. The van der Waals surface area contributed by atoms with E-state index >= 15 is 0 Å². The molecule has 0 aromatic carbocycles. The van der Waals surface area contributed by atoms with Crippen molar-refractivity contribution in [3.8, 4) is 0 Å². The van der Waals surface area contributed by atoms with Crippen molar-refractivity contribution in [2.45, 2.75) is 58.7 Å². The van der Waals surface area contributed by atoms with Crippen LogP contribution >= 0.6 is 0 Å². The van der Waals surface area contributed by atoms with Crippen LogP contribution in [0.25, 0.3) is 0 Å². The van der Waals surface area contributed by atoms with Crippen molar-refractivity contribution < 1.29 is 14.6 Å². The number of nitrogens with two attached hydrogens (primary N) is 1. The lowest BCUT2D eigenvalue weighted by molar-refractivity contribution is -0.158. The molecule has 0 radical (unpaired) electrons. The lowest BCUT2D eigenvalue weighted by Gasteiger charge is -2.31. The largest absolute Gasteiger partial charge is 0.460 e. The molecule has 0 aliphatic heterocycles. The van der Waals surface area contributed by atoms with Crippen molar-refractivity contribution in [3.05, 3.63) is 0 Å². The summed E-state index contributed by atoms with van der Waals surface area (Å²) in [7, 11) is 0. The Kier molecular flexibility index (Phi) is 5.42. The average Bonchev–Trinajstić information content (AvgIpc) is 2.11. The quantitative estimate of drug-likeness (QED) is 0.702. The Hall–Kier alpha value is -0.610. The molecule has 0 fully saturated rings. The van der Waals surface area contributed by atoms with Gasteiger partial charge >= 0.3 is 5.97 Å². The fourth-order valence-electron chi connectivity index (χ4n) is 1.55. The molecule has 0 aliphatic rings. The molecule has 16 heavy (non-hydrogen) atoms. The summed E-state index contributed by atoms with van der Waals surface area (Å²) in [5.41, 5.74) is 3.99. The Morgan fingerprint density at radius 3 is 2.19 bits per heavy atom. The Labute approximate surface area is 98.2 Å². The number of hydrogen-bond acceptors (Lipinski definition) is 4. The summed E-state index contributed by atoms with van der Waals surface area (Å²) in [6, 6.07) is 0. The van der Waals surface area contributed by atoms with Crippen LogP contribution in [0, 0.1) is 5.92 Å². The van der Waals surface area contributed by atoms with Gasteiger partial charge in [0.25, 0.3) is 0 Å². The summed E-state index contributed by atoms with van der Waals surface area (Å²) in [5.74, 6) is -0.444. The molecule has 0 rings (SSSR count). The van der Waals surface area contributed by atoms with Gasteiger partial charge in [-0.3, -0.25) is 4.79 Å². The third-order valence-electron chi connectivity index (χ3n) is 2.62. The van der Waals surface area contributed by atoms with Crippen LogP contribution in [0.15, 0.2) is 0 Å². The van der Waals surface area contributed by atoms with Gasteiger partial charge in [0.2, 0.25) is 0 Å². The van der Waals surface area contributed by atoms with Gasteiger partial charge in [0.15, 0.2) is 0 Å². The number of hydrogen-bond donors (Lipinski definition) is 2. The Morgan fingerprint density at radius 1 is 1.38 bits per heavy atom. The first-order valence-electron chi connectivity index (χ1n) is 5.76. The summed E-state index contributed by atoms with van der Waals surface area (Å²) in [4.78, 5) is 11.6. The molecule has 0 aromatic heterocycles. The van der Waals surface area contributed by atoms with E-state index in [-0.39, 0.29) is 24.9 Å². The number of esters is 1. The first-order valence-corrected chi connectivity index (χ1v) is 5.76. The second-order valence-electron chi connectivity index (χ2n) is 5.46. The zero-order chi connectivity index (χ0) is 13.0. The van der Waals surface area contributed by atoms with Crippen molar-refractivity contribution in [1.29, 1.82) is 0 Å². The molecular formula is C12H25NO3. The van der Waals surface area contributed by atoms with Gasteiger partial charge in [-0.05, 0) is 40.0 Å². The van der Waals surface area contributed by atoms with Crippen LogP contribution in [-0.2, 0) is 9.53 Å². The molecule has 4 heteroatoms. The van der Waals surface area contributed by atoms with Crippen LogP contribution in [0.4, 0.5) is 0 Å². The minimum absolute atomic E-state index is 0.147. The maximum atomic E-state index is 11.6. The Morgan fingerprint density at radius 2 is 1.88 bits per heavy atom. The summed E-state index contributed by atoms with van der Waals surface area (Å²) in [5, 5.41) is 10.00. The number of carbonyl (C=O) groups excluding carboxylic acids is 1. The van der Waals surface area contributed by atoms with Crippen molar-refractivity contribution >= 4 is 5.97 Å². The van der Waals surface area contributed by atoms with E-state index in [4.69, 9.17) is 10.5 Å². The topological polar surface area (TPSA) is 72.5 Å². The second kappa shape index (κ2) is 5.64. The maximum absolute atomic E-state index is 11.6. The number of carbonyl (C=O) groups is 1. The van der Waals surface area contributed by atoms with Crippen LogP contribution < -0.4 is 5.73 Å². The van der Waals surface area contributed by atoms with Crippen molar-refractivity contribution in [3.63, 3.8) is 0 Å². The molecule has 4 nitrogen and oxygen atoms in total. The van der Waals surface area contributed by atoms with Gasteiger partial charge in [0, 0.05) is 6.54 Å². The number of aliphatic hydroxyl groups is 1. The highest BCUT2D eigenvalue weighted by atomic mass is 16.6. The summed E-state index contributed by atoms with van der Waals surface area (Å²) in [6.07, 6.45) is 0.904. The first-order chi connectivity index (χ1) is 7.12. The zero-order valence-electron chi connectivity index (χ0n) is 11.0. The molecule has 0 saturated carbocycles. The van der Waals surface area contributed by atoms with E-state index in [9.17, 15) is 9.90 Å². The third-order valence-corrected chi connectivity index (χ3v) is 2.62. The highest BCUT2D eigenvalue weighted by Crippen LogP contribution is 2.24. The number of rotatable bonds is 5. The Bertz CT molecular complexity index is 231. The van der Waals surface area contributed by atoms with Crippen molar-refractivity contribution in [2.75, 3.05) is 6.54 Å². The molecule has 3 N–H and O–H groups in total. The molecule has 2 atom stereocenters. The molecule has 96 valence electrons. The van der Waals surface area contributed by atoms with Crippen molar-refractivity contribution in [2.24, 2.45) is 11.7 Å². The molecule has 0 aromatic rings. The second-order valence-corrected chi connectivity index (χ2v) is 5.46. The van der Waals surface area contributed by atoms with Crippen LogP contribution in [-0.4, -0.2) is 28.8 Å². The predicted octanol–water partition coefficient (Wildman–Crippen LogP) is 1.45. The van der Waals surface area contributed by atoms with Gasteiger partial charge in [-0.1, -0.05) is 6.92 Å². The van der Waals surface area contributed by atoms with E-state index in [1.807, 2.05) is 27.7 Å². The minimum atomic E-state index is -1.01. The lowest BCUT2D eigenvalue weighted by atomic mass is 9.84. The van der Waals surface area contributed by atoms with E-state index in [1.54, 1.807) is 6.92 Å². The highest BCUT2D eigenvalue weighted by Gasteiger charge is 2.32. The summed E-state index contributed by atoms with van der Waals surface area (Å²) in [6.45, 7) is 9.21. The third kappa shape index (κ3) is 5.47. The van der Waals surface area contributed by atoms with Crippen LogP contribution in [0.3, 0.4) is 0 Å². The molecular weight excluding hydrogens is 206 g/mol. The fourth-order valence-corrected chi connectivity index (χ4v) is 1.55. The first kappa shape index (κ1) is 15.4. The van der Waals surface area contributed by atoms with E-state index in [2.05, 4.69) is 0 Å². The molecule has 0 amide bonds. The van der Waals surface area contributed by atoms with E-state index in [0.29, 0.717) is 6.42 Å². The standard InChI is InChI=1S/C12H25NO3/c1-6-9(12(5,15)8-13)7-10(14)16-11(2,3)4/h9,15H,6-8,13H2,1-5H3. The van der Waals surface area contributed by atoms with Gasteiger partial charge in [0.05, 0.1) is 12.0 Å². The van der Waals surface area contributed by atoms with Crippen LogP contribution in [0.5, 0.6) is 0 Å². The summed E-state index contributed by atoms with van der Waals surface area (Å²) < 4.78 is 5.22. The lowest BCUT2D eigenvalue weighted by Crippen LogP contribution is -2.43. The van der Waals surface area contributed by atoms with E-state index < -0.39 is 11.2 Å². The molecule has 0 spiro atoms. The molecule has 0 saturated heterocycles. The zero-order valence-corrected chi connectivity index (χ0v) is 11.0. The van der Waals surface area contributed by atoms with Gasteiger partial charge < -0.3 is 15.6 Å². The SMILES string of the molecule is CCC(CC(=O)OC(C)(C)C)C(C)(O)CN. The monoisotopic (exact) mass is 231 g/mol. The van der Waals surface area contributed by atoms with Gasteiger partial charge in [0.1, 0.15) is 5.60 Å². The van der Waals surface area contributed by atoms with E-state index in [1.165, 1.54) is 0 Å². The van der Waals surface area contributed by atoms with Crippen LogP contribution in [0.1, 0.15) is 47.5 Å². The smallest absolute Gasteiger partial charge is 0.306 e. The van der Waals surface area contributed by atoms with Gasteiger partial charge in [-0.15, -0.1) is 0 Å².